The fourth-order valence-corrected chi connectivity index (χ4v) is 0. The molecule has 0 aromatic heterocycles. The van der Waals surface area contributed by atoms with Gasteiger partial charge in [0, 0.05) is 54.2 Å². The van der Waals surface area contributed by atoms with Crippen molar-refractivity contribution in [1.82, 2.24) is 0 Å². The van der Waals surface area contributed by atoms with E-state index >= 15 is 0 Å². The summed E-state index contributed by atoms with van der Waals surface area (Å²) in [4.78, 5) is 18.4. The minimum atomic E-state index is -0.833. The molecule has 0 aliphatic heterocycles. The first kappa shape index (κ1) is 22.5. The number of rotatable bonds is 1. The Kier molecular flexibility index (Phi) is 34.1. The molecule has 0 atom stereocenters. The van der Waals surface area contributed by atoms with Gasteiger partial charge in [0.1, 0.15) is 0 Å². The second kappa shape index (κ2) is 16.7. The Balaban J connectivity index is -0.0000000383. The van der Waals surface area contributed by atoms with Gasteiger partial charge in [0.25, 0.3) is 5.97 Å². The van der Waals surface area contributed by atoms with Gasteiger partial charge in [-0.3, -0.25) is 9.59 Å². The Morgan fingerprint density at radius 3 is 1.27 bits per heavy atom. The average Bonchev–Trinajstić information content (AvgIpc) is 1.65. The largest absolute Gasteiger partial charge is 0.481 e. The second-order valence-corrected chi connectivity index (χ2v) is 1.27. The predicted octanol–water partition coefficient (Wildman–Crippen LogP) is 0.567. The minimum Gasteiger partial charge on any atom is -0.481 e. The maximum atomic E-state index is 9.37. The monoisotopic (exact) mass is 346 g/mol. The third-order valence-corrected chi connectivity index (χ3v) is 0.302. The molecule has 0 bridgehead atoms. The fraction of sp³-hybridized carbons (Fsp3) is 0.600. The van der Waals surface area contributed by atoms with Crippen molar-refractivity contribution in [2.75, 3.05) is 0 Å². The Hall–Kier alpha value is 0.265. The zero-order valence-electron chi connectivity index (χ0n) is 6.05. The first-order valence-corrected chi connectivity index (χ1v) is 2.42. The van der Waals surface area contributed by atoms with Crippen LogP contribution in [0, 0.1) is 0 Å². The minimum absolute atomic E-state index is 0. The zero-order chi connectivity index (χ0) is 7.86. The summed E-state index contributed by atoms with van der Waals surface area (Å²) in [6.07, 6.45) is 0.222. The van der Waals surface area contributed by atoms with E-state index in [-0.39, 0.29) is 47.3 Å². The molecule has 0 fully saturated rings. The maximum Gasteiger partial charge on any atom is 0.303 e. The van der Waals surface area contributed by atoms with E-state index in [1.165, 1.54) is 0 Å². The van der Waals surface area contributed by atoms with Crippen LogP contribution in [0.2, 0.25) is 0 Å². The third-order valence-electron chi connectivity index (χ3n) is 0.302. The predicted molar refractivity (Wildman–Crippen MR) is 31.2 cm³/mol. The van der Waals surface area contributed by atoms with Crippen LogP contribution in [0.3, 0.4) is 0 Å². The molecule has 11 heavy (non-hydrogen) atoms. The molecule has 0 aromatic carbocycles. The van der Waals surface area contributed by atoms with Crippen molar-refractivity contribution >= 4 is 11.9 Å². The summed E-state index contributed by atoms with van der Waals surface area (Å²) < 4.78 is 0. The number of carboxylic acids is 2. The molecule has 0 heterocycles. The summed E-state index contributed by atoms with van der Waals surface area (Å²) in [6.45, 7) is 2.68. The summed E-state index contributed by atoms with van der Waals surface area (Å²) in [6, 6.07) is 0. The van der Waals surface area contributed by atoms with Gasteiger partial charge in [0.05, 0.1) is 0 Å². The van der Waals surface area contributed by atoms with Gasteiger partial charge >= 0.3 is 5.97 Å². The SMILES string of the molecule is CC(=O)O.CCC(=O)O.[Pd].[Pd]. The van der Waals surface area contributed by atoms with Crippen molar-refractivity contribution < 1.29 is 60.6 Å². The quantitative estimate of drug-likeness (QED) is 0.681. The van der Waals surface area contributed by atoms with E-state index in [4.69, 9.17) is 15.0 Å². The van der Waals surface area contributed by atoms with Gasteiger partial charge in [-0.2, -0.15) is 0 Å². The van der Waals surface area contributed by atoms with E-state index in [1.807, 2.05) is 0 Å². The summed E-state index contributed by atoms with van der Waals surface area (Å²) in [7, 11) is 0. The van der Waals surface area contributed by atoms with Crippen molar-refractivity contribution in [2.24, 2.45) is 0 Å². The molecule has 0 unspecified atom stereocenters. The van der Waals surface area contributed by atoms with E-state index < -0.39 is 11.9 Å². The van der Waals surface area contributed by atoms with Gasteiger partial charge in [-0.15, -0.1) is 0 Å². The molecular weight excluding hydrogens is 337 g/mol. The van der Waals surface area contributed by atoms with Crippen LogP contribution in [0.1, 0.15) is 20.3 Å². The van der Waals surface area contributed by atoms with Crippen LogP contribution >= 0.6 is 0 Å². The van der Waals surface area contributed by atoms with Crippen LogP contribution in [0.25, 0.3) is 0 Å². The Morgan fingerprint density at radius 1 is 1.18 bits per heavy atom. The molecule has 0 saturated heterocycles. The average molecular weight is 347 g/mol. The molecule has 0 aliphatic rings. The van der Waals surface area contributed by atoms with Crippen LogP contribution in [0.4, 0.5) is 0 Å². The molecule has 0 aliphatic carbocycles. The van der Waals surface area contributed by atoms with Crippen molar-refractivity contribution in [3.05, 3.63) is 0 Å². The van der Waals surface area contributed by atoms with Crippen molar-refractivity contribution in [3.8, 4) is 0 Å². The van der Waals surface area contributed by atoms with Crippen LogP contribution in [-0.4, -0.2) is 22.2 Å². The van der Waals surface area contributed by atoms with Gasteiger partial charge in [-0.1, -0.05) is 6.92 Å². The Labute approximate surface area is 92.7 Å². The molecule has 0 spiro atoms. The summed E-state index contributed by atoms with van der Waals surface area (Å²) in [5, 5.41) is 15.1. The molecular formula is C5H10O4Pd2. The smallest absolute Gasteiger partial charge is 0.303 e. The van der Waals surface area contributed by atoms with Gasteiger partial charge in [-0.25, -0.2) is 0 Å². The van der Waals surface area contributed by atoms with Gasteiger partial charge < -0.3 is 10.2 Å². The van der Waals surface area contributed by atoms with Crippen LogP contribution in [0.5, 0.6) is 0 Å². The number of carboxylic acid groups (broad SMARTS) is 2. The van der Waals surface area contributed by atoms with E-state index in [0.717, 1.165) is 6.92 Å². The van der Waals surface area contributed by atoms with Crippen molar-refractivity contribution in [2.45, 2.75) is 20.3 Å². The molecule has 0 rings (SSSR count). The maximum absolute atomic E-state index is 9.37. The van der Waals surface area contributed by atoms with E-state index in [0.29, 0.717) is 0 Å². The van der Waals surface area contributed by atoms with Crippen molar-refractivity contribution in [1.29, 1.82) is 0 Å². The summed E-state index contributed by atoms with van der Waals surface area (Å²) >= 11 is 0. The first-order valence-electron chi connectivity index (χ1n) is 2.42. The summed E-state index contributed by atoms with van der Waals surface area (Å²) in [5.41, 5.74) is 0. The number of hydrogen-bond donors (Lipinski definition) is 2. The molecule has 0 amide bonds. The fourth-order valence-electron chi connectivity index (χ4n) is 0. The van der Waals surface area contributed by atoms with Crippen LogP contribution < -0.4 is 0 Å². The topological polar surface area (TPSA) is 74.6 Å². The van der Waals surface area contributed by atoms with Crippen LogP contribution in [-0.2, 0) is 50.4 Å². The molecule has 0 saturated carbocycles. The Morgan fingerprint density at radius 2 is 1.27 bits per heavy atom. The number of hydrogen-bond acceptors (Lipinski definition) is 2. The van der Waals surface area contributed by atoms with E-state index in [2.05, 4.69) is 0 Å². The summed E-state index contributed by atoms with van der Waals surface area (Å²) in [5.74, 6) is -1.58. The van der Waals surface area contributed by atoms with Gasteiger partial charge in [0.2, 0.25) is 0 Å². The molecule has 2 N–H and O–H groups in total. The molecule has 0 aromatic rings. The van der Waals surface area contributed by atoms with Gasteiger partial charge in [0.15, 0.2) is 0 Å². The molecule has 74 valence electrons. The Bertz CT molecular complexity index is 101. The molecule has 4 nitrogen and oxygen atoms in total. The van der Waals surface area contributed by atoms with E-state index in [9.17, 15) is 4.79 Å². The molecule has 0 radical (unpaired) electrons. The van der Waals surface area contributed by atoms with Crippen LogP contribution in [0.15, 0.2) is 0 Å². The van der Waals surface area contributed by atoms with Gasteiger partial charge in [-0.05, 0) is 0 Å². The second-order valence-electron chi connectivity index (χ2n) is 1.27. The van der Waals surface area contributed by atoms with E-state index in [1.54, 1.807) is 6.92 Å². The number of carbonyl (C=O) groups is 2. The van der Waals surface area contributed by atoms with Crippen molar-refractivity contribution in [3.63, 3.8) is 0 Å². The standard InChI is InChI=1S/C3H6O2.C2H4O2.2Pd/c1-2-3(4)5;1-2(3)4;;/h2H2,1H3,(H,4,5);1H3,(H,3,4);;. The normalized spacial score (nSPS) is 5.64. The first-order chi connectivity index (χ1) is 4.00. The number of aliphatic carboxylic acids is 2. The zero-order valence-corrected chi connectivity index (χ0v) is 9.16. The third kappa shape index (κ3) is 137. The molecule has 6 heteroatoms.